The van der Waals surface area contributed by atoms with Gasteiger partial charge in [-0.1, -0.05) is 93.3 Å². The van der Waals surface area contributed by atoms with E-state index in [0.717, 1.165) is 29.4 Å². The Morgan fingerprint density at radius 3 is 2.19 bits per heavy atom. The smallest absolute Gasteiger partial charge is 0.141 e. The van der Waals surface area contributed by atoms with Gasteiger partial charge in [-0.15, -0.1) is 0 Å². The molecule has 4 rings (SSSR count). The first-order chi connectivity index (χ1) is 15.6. The van der Waals surface area contributed by atoms with E-state index < -0.39 is 5.82 Å². The van der Waals surface area contributed by atoms with Crippen LogP contribution in [0.1, 0.15) is 68.1 Å². The predicted molar refractivity (Wildman–Crippen MR) is 130 cm³/mol. The fraction of sp³-hybridized carbons (Fsp3) is 0.367. The van der Waals surface area contributed by atoms with Crippen LogP contribution in [0.3, 0.4) is 0 Å². The van der Waals surface area contributed by atoms with Crippen LogP contribution >= 0.6 is 0 Å². The number of benzene rings is 3. The first kappa shape index (κ1) is 22.3. The molecule has 1 saturated carbocycles. The van der Waals surface area contributed by atoms with E-state index in [-0.39, 0.29) is 5.56 Å². The molecule has 0 saturated heterocycles. The van der Waals surface area contributed by atoms with Crippen LogP contribution in [0.15, 0.2) is 72.8 Å². The molecule has 164 valence electrons. The van der Waals surface area contributed by atoms with Gasteiger partial charge in [-0.05, 0) is 71.4 Å². The highest BCUT2D eigenvalue weighted by atomic mass is 19.1. The summed E-state index contributed by atoms with van der Waals surface area (Å²) in [4.78, 5) is 0. The summed E-state index contributed by atoms with van der Waals surface area (Å²) in [6.45, 7) is 2.37. The molecule has 0 spiro atoms. The third-order valence-electron chi connectivity index (χ3n) is 7.24. The van der Waals surface area contributed by atoms with Gasteiger partial charge < -0.3 is 0 Å². The summed E-state index contributed by atoms with van der Waals surface area (Å²) in [6.07, 6.45) is 9.12. The van der Waals surface area contributed by atoms with Crippen LogP contribution in [-0.4, -0.2) is 0 Å². The Bertz CT molecular complexity index is 1040. The maximum atomic E-state index is 13.9. The Morgan fingerprint density at radius 1 is 0.875 bits per heavy atom. The van der Waals surface area contributed by atoms with E-state index in [1.807, 2.05) is 12.1 Å². The van der Waals surface area contributed by atoms with E-state index in [9.17, 15) is 4.39 Å². The lowest BCUT2D eigenvalue weighted by Gasteiger charge is -2.30. The van der Waals surface area contributed by atoms with E-state index in [1.54, 1.807) is 6.07 Å². The lowest BCUT2D eigenvalue weighted by molar-refractivity contribution is 0.245. The predicted octanol–water partition coefficient (Wildman–Crippen LogP) is 8.30. The molecule has 1 atom stereocenters. The average Bonchev–Trinajstić information content (AvgIpc) is 2.84. The molecule has 1 aliphatic rings. The zero-order chi connectivity index (χ0) is 22.3. The largest absolute Gasteiger partial charge is 0.206 e. The molecule has 0 bridgehead atoms. The van der Waals surface area contributed by atoms with Gasteiger partial charge in [-0.3, -0.25) is 0 Å². The van der Waals surface area contributed by atoms with Gasteiger partial charge in [0.15, 0.2) is 0 Å². The second-order valence-electron chi connectivity index (χ2n) is 9.48. The minimum absolute atomic E-state index is 0.0922. The van der Waals surface area contributed by atoms with E-state index in [0.29, 0.717) is 5.92 Å². The third-order valence-corrected chi connectivity index (χ3v) is 7.24. The van der Waals surface area contributed by atoms with Crippen molar-refractivity contribution in [3.8, 4) is 17.2 Å². The molecule has 0 N–H and O–H groups in total. The summed E-state index contributed by atoms with van der Waals surface area (Å²) in [7, 11) is 0. The lowest BCUT2D eigenvalue weighted by Crippen LogP contribution is -2.16. The second-order valence-corrected chi connectivity index (χ2v) is 9.48. The molecule has 3 aromatic rings. The van der Waals surface area contributed by atoms with Crippen LogP contribution < -0.4 is 0 Å². The number of hydrogen-bond acceptors (Lipinski definition) is 1. The van der Waals surface area contributed by atoms with Crippen molar-refractivity contribution >= 4 is 0 Å². The van der Waals surface area contributed by atoms with E-state index in [1.165, 1.54) is 55.7 Å². The Hall–Kier alpha value is -2.92. The topological polar surface area (TPSA) is 23.8 Å². The molecule has 0 heterocycles. The molecule has 1 fully saturated rings. The molecule has 32 heavy (non-hydrogen) atoms. The van der Waals surface area contributed by atoms with Crippen molar-refractivity contribution in [3.63, 3.8) is 0 Å². The van der Waals surface area contributed by atoms with Crippen LogP contribution in [0.25, 0.3) is 11.1 Å². The molecule has 0 amide bonds. The Kier molecular flexibility index (Phi) is 7.38. The molecule has 0 aromatic heterocycles. The summed E-state index contributed by atoms with van der Waals surface area (Å²) >= 11 is 0. The van der Waals surface area contributed by atoms with Crippen molar-refractivity contribution in [3.05, 3.63) is 95.3 Å². The minimum Gasteiger partial charge on any atom is -0.206 e. The molecule has 0 aliphatic heterocycles. The summed E-state index contributed by atoms with van der Waals surface area (Å²) in [5.41, 5.74) is 4.72. The van der Waals surface area contributed by atoms with Crippen molar-refractivity contribution < 1.29 is 4.39 Å². The Balaban J connectivity index is 1.23. The van der Waals surface area contributed by atoms with Gasteiger partial charge in [0, 0.05) is 0 Å². The molecule has 3 aromatic carbocycles. The highest BCUT2D eigenvalue weighted by Crippen LogP contribution is 2.37. The Labute approximate surface area is 191 Å². The minimum atomic E-state index is -0.456. The van der Waals surface area contributed by atoms with Crippen molar-refractivity contribution in [1.82, 2.24) is 0 Å². The number of nitrogens with zero attached hydrogens (tertiary/aromatic N) is 1. The van der Waals surface area contributed by atoms with Crippen LogP contribution in [0.4, 0.5) is 4.39 Å². The van der Waals surface area contributed by atoms with E-state index >= 15 is 0 Å². The first-order valence-corrected chi connectivity index (χ1v) is 12.0. The lowest BCUT2D eigenvalue weighted by atomic mass is 9.75. The maximum absolute atomic E-state index is 13.9. The second kappa shape index (κ2) is 10.6. The average molecular weight is 426 g/mol. The number of aryl methyl sites for hydroxylation is 1. The summed E-state index contributed by atoms with van der Waals surface area (Å²) in [5.74, 6) is 1.91. The standard InChI is InChI=1S/C30H32FN/c1-22(26-5-3-2-4-6-26)19-25-11-9-23(10-12-25)7-8-24-13-15-27(16-14-24)28-17-18-29(21-32)30(31)20-28/h2-6,13-18,20,22-23,25H,7-12,19H2,1H3. The summed E-state index contributed by atoms with van der Waals surface area (Å²) in [6, 6.07) is 26.1. The van der Waals surface area contributed by atoms with Gasteiger partial charge in [-0.2, -0.15) is 5.26 Å². The molecule has 2 heteroatoms. The van der Waals surface area contributed by atoms with E-state index in [4.69, 9.17) is 5.26 Å². The number of rotatable bonds is 7. The summed E-state index contributed by atoms with van der Waals surface area (Å²) in [5, 5.41) is 8.89. The fourth-order valence-electron chi connectivity index (χ4n) is 5.19. The highest BCUT2D eigenvalue weighted by Gasteiger charge is 2.23. The number of nitriles is 1. The number of hydrogen-bond donors (Lipinski definition) is 0. The van der Waals surface area contributed by atoms with Crippen molar-refractivity contribution in [2.24, 2.45) is 11.8 Å². The normalized spacial score (nSPS) is 19.3. The van der Waals surface area contributed by atoms with Crippen LogP contribution in [0.5, 0.6) is 0 Å². The van der Waals surface area contributed by atoms with Gasteiger partial charge in [0.2, 0.25) is 0 Å². The molecule has 1 nitrogen and oxygen atoms in total. The molecule has 1 aliphatic carbocycles. The quantitative estimate of drug-likeness (QED) is 0.373. The van der Waals surface area contributed by atoms with Crippen LogP contribution in [0.2, 0.25) is 0 Å². The highest BCUT2D eigenvalue weighted by molar-refractivity contribution is 5.64. The van der Waals surface area contributed by atoms with Crippen molar-refractivity contribution in [1.29, 1.82) is 5.26 Å². The fourth-order valence-corrected chi connectivity index (χ4v) is 5.19. The third kappa shape index (κ3) is 5.65. The first-order valence-electron chi connectivity index (χ1n) is 12.0. The molecule has 0 radical (unpaired) electrons. The van der Waals surface area contributed by atoms with Crippen molar-refractivity contribution in [2.75, 3.05) is 0 Å². The monoisotopic (exact) mass is 425 g/mol. The zero-order valence-corrected chi connectivity index (χ0v) is 18.9. The van der Waals surface area contributed by atoms with Crippen LogP contribution in [-0.2, 0) is 6.42 Å². The molecular weight excluding hydrogens is 393 g/mol. The van der Waals surface area contributed by atoms with Gasteiger partial charge in [-0.25, -0.2) is 4.39 Å². The SMILES string of the molecule is CC(CC1CCC(CCc2ccc(-c3ccc(C#N)c(F)c3)cc2)CC1)c1ccccc1. The van der Waals surface area contributed by atoms with Gasteiger partial charge >= 0.3 is 0 Å². The molecule has 1 unspecified atom stereocenters. The van der Waals surface area contributed by atoms with Gasteiger partial charge in [0.1, 0.15) is 11.9 Å². The van der Waals surface area contributed by atoms with E-state index in [2.05, 4.69) is 61.5 Å². The zero-order valence-electron chi connectivity index (χ0n) is 18.9. The Morgan fingerprint density at radius 2 is 1.53 bits per heavy atom. The molecular formula is C30H32FN. The summed E-state index contributed by atoms with van der Waals surface area (Å²) < 4.78 is 13.9. The van der Waals surface area contributed by atoms with Crippen LogP contribution in [0, 0.1) is 29.0 Å². The number of halogens is 1. The van der Waals surface area contributed by atoms with Gasteiger partial charge in [0.25, 0.3) is 0 Å². The van der Waals surface area contributed by atoms with Crippen molar-refractivity contribution in [2.45, 2.75) is 57.8 Å². The maximum Gasteiger partial charge on any atom is 0.141 e. The van der Waals surface area contributed by atoms with Gasteiger partial charge in [0.05, 0.1) is 5.56 Å².